The highest BCUT2D eigenvalue weighted by Gasteiger charge is 2.19. The average Bonchev–Trinajstić information content (AvgIpc) is 2.41. The highest BCUT2D eigenvalue weighted by Crippen LogP contribution is 2.26. The zero-order valence-electron chi connectivity index (χ0n) is 11.2. The van der Waals surface area contributed by atoms with Crippen molar-refractivity contribution in [1.29, 1.82) is 0 Å². The average molecular weight is 373 g/mol. The second-order valence-electron chi connectivity index (χ2n) is 4.62. The number of halogens is 2. The standard InChI is InChI=1S/C14H14BrFN2O2S/c1-9-3-2-4-10(5-9)8-18-21(19,20)14-6-11(15)12(16)7-13(14)17/h2-7,18H,8,17H2,1H3. The molecular formula is C14H14BrFN2O2S. The van der Waals surface area contributed by atoms with Crippen molar-refractivity contribution in [2.75, 3.05) is 5.73 Å². The summed E-state index contributed by atoms with van der Waals surface area (Å²) < 4.78 is 40.3. The lowest BCUT2D eigenvalue weighted by Crippen LogP contribution is -2.24. The molecule has 2 aromatic carbocycles. The van der Waals surface area contributed by atoms with Crippen molar-refractivity contribution >= 4 is 31.6 Å². The summed E-state index contributed by atoms with van der Waals surface area (Å²) in [7, 11) is -3.81. The van der Waals surface area contributed by atoms with E-state index in [0.717, 1.165) is 23.3 Å². The highest BCUT2D eigenvalue weighted by molar-refractivity contribution is 9.10. The molecule has 0 bridgehead atoms. The van der Waals surface area contributed by atoms with Gasteiger partial charge in [0.1, 0.15) is 10.7 Å². The van der Waals surface area contributed by atoms with Crippen LogP contribution in [0.25, 0.3) is 0 Å². The molecule has 3 N–H and O–H groups in total. The first-order chi connectivity index (χ1) is 9.79. The maximum Gasteiger partial charge on any atom is 0.242 e. The van der Waals surface area contributed by atoms with E-state index in [1.54, 1.807) is 0 Å². The summed E-state index contributed by atoms with van der Waals surface area (Å²) in [5.74, 6) is -0.606. The van der Waals surface area contributed by atoms with Crippen LogP contribution in [0.15, 0.2) is 45.8 Å². The molecule has 2 aromatic rings. The molecule has 4 nitrogen and oxygen atoms in total. The smallest absolute Gasteiger partial charge is 0.242 e. The molecule has 0 saturated carbocycles. The van der Waals surface area contributed by atoms with Gasteiger partial charge in [-0.05, 0) is 40.5 Å². The third-order valence-electron chi connectivity index (χ3n) is 2.89. The third-order valence-corrected chi connectivity index (χ3v) is 4.96. The van der Waals surface area contributed by atoms with Gasteiger partial charge in [0.2, 0.25) is 10.0 Å². The lowest BCUT2D eigenvalue weighted by Gasteiger charge is -2.10. The lowest BCUT2D eigenvalue weighted by molar-refractivity contribution is 0.580. The van der Waals surface area contributed by atoms with Gasteiger partial charge in [-0.3, -0.25) is 0 Å². The van der Waals surface area contributed by atoms with E-state index in [-0.39, 0.29) is 21.6 Å². The fourth-order valence-corrected chi connectivity index (χ4v) is 3.50. The van der Waals surface area contributed by atoms with Crippen molar-refractivity contribution in [3.8, 4) is 0 Å². The number of hydrogen-bond acceptors (Lipinski definition) is 3. The molecular weight excluding hydrogens is 359 g/mol. The number of nitrogen functional groups attached to an aromatic ring is 1. The molecule has 0 aliphatic carbocycles. The Morgan fingerprint density at radius 1 is 1.29 bits per heavy atom. The first-order valence-corrected chi connectivity index (χ1v) is 8.37. The van der Waals surface area contributed by atoms with Gasteiger partial charge in [-0.15, -0.1) is 0 Å². The fourth-order valence-electron chi connectivity index (χ4n) is 1.85. The molecule has 0 radical (unpaired) electrons. The zero-order valence-corrected chi connectivity index (χ0v) is 13.6. The number of rotatable bonds is 4. The van der Waals surface area contributed by atoms with Crippen LogP contribution in [0.1, 0.15) is 11.1 Å². The number of nitrogens with two attached hydrogens (primary N) is 1. The van der Waals surface area contributed by atoms with Gasteiger partial charge in [-0.1, -0.05) is 29.8 Å². The third kappa shape index (κ3) is 3.81. The van der Waals surface area contributed by atoms with E-state index < -0.39 is 15.8 Å². The highest BCUT2D eigenvalue weighted by atomic mass is 79.9. The number of sulfonamides is 1. The molecule has 0 aromatic heterocycles. The summed E-state index contributed by atoms with van der Waals surface area (Å²) in [4.78, 5) is -0.150. The Morgan fingerprint density at radius 2 is 2.00 bits per heavy atom. The molecule has 0 heterocycles. The Balaban J connectivity index is 2.25. The van der Waals surface area contributed by atoms with Gasteiger partial charge in [0.15, 0.2) is 0 Å². The molecule has 0 unspecified atom stereocenters. The summed E-state index contributed by atoms with van der Waals surface area (Å²) >= 11 is 2.96. The predicted molar refractivity (Wildman–Crippen MR) is 83.7 cm³/mol. The second-order valence-corrected chi connectivity index (χ2v) is 7.21. The molecule has 112 valence electrons. The van der Waals surface area contributed by atoms with Crippen molar-refractivity contribution in [2.45, 2.75) is 18.4 Å². The van der Waals surface area contributed by atoms with Crippen LogP contribution in [0.5, 0.6) is 0 Å². The second kappa shape index (κ2) is 6.13. The lowest BCUT2D eigenvalue weighted by atomic mass is 10.1. The van der Waals surface area contributed by atoms with E-state index in [1.807, 2.05) is 31.2 Å². The summed E-state index contributed by atoms with van der Waals surface area (Å²) in [6.07, 6.45) is 0. The van der Waals surface area contributed by atoms with Gasteiger partial charge in [0.25, 0.3) is 0 Å². The minimum absolute atomic E-state index is 0.0487. The maximum absolute atomic E-state index is 13.3. The molecule has 0 saturated heterocycles. The molecule has 0 amide bonds. The van der Waals surface area contributed by atoms with E-state index in [9.17, 15) is 12.8 Å². The minimum Gasteiger partial charge on any atom is -0.398 e. The molecule has 21 heavy (non-hydrogen) atoms. The van der Waals surface area contributed by atoms with Crippen molar-refractivity contribution in [2.24, 2.45) is 0 Å². The van der Waals surface area contributed by atoms with Crippen LogP contribution in [0.4, 0.5) is 10.1 Å². The molecule has 0 spiro atoms. The largest absolute Gasteiger partial charge is 0.398 e. The fraction of sp³-hybridized carbons (Fsp3) is 0.143. The quantitative estimate of drug-likeness (QED) is 0.810. The Hall–Kier alpha value is -1.44. The Morgan fingerprint density at radius 3 is 2.67 bits per heavy atom. The summed E-state index contributed by atoms with van der Waals surface area (Å²) in [5.41, 5.74) is 7.33. The van der Waals surface area contributed by atoms with Crippen molar-refractivity contribution < 1.29 is 12.8 Å². The van der Waals surface area contributed by atoms with Crippen molar-refractivity contribution in [3.63, 3.8) is 0 Å². The normalized spacial score (nSPS) is 11.6. The Labute approximate surface area is 131 Å². The van der Waals surface area contributed by atoms with Gasteiger partial charge in [0, 0.05) is 6.54 Å². The molecule has 2 rings (SSSR count). The van der Waals surface area contributed by atoms with Crippen molar-refractivity contribution in [1.82, 2.24) is 4.72 Å². The SMILES string of the molecule is Cc1cccc(CNS(=O)(=O)c2cc(Br)c(F)cc2N)c1. The maximum atomic E-state index is 13.3. The number of anilines is 1. The molecule has 0 aliphatic rings. The monoisotopic (exact) mass is 372 g/mol. The Kier molecular flexibility index (Phi) is 4.65. The number of nitrogens with one attached hydrogen (secondary N) is 1. The number of aryl methyl sites for hydroxylation is 1. The number of benzene rings is 2. The summed E-state index contributed by atoms with van der Waals surface area (Å²) in [6, 6.07) is 9.61. The molecule has 0 fully saturated rings. The van der Waals surface area contributed by atoms with Gasteiger partial charge in [-0.2, -0.15) is 0 Å². The number of hydrogen-bond donors (Lipinski definition) is 2. The Bertz CT molecular complexity index is 779. The van der Waals surface area contributed by atoms with E-state index in [2.05, 4.69) is 20.7 Å². The van der Waals surface area contributed by atoms with Crippen LogP contribution < -0.4 is 10.5 Å². The molecule has 7 heteroatoms. The minimum atomic E-state index is -3.81. The molecule has 0 aliphatic heterocycles. The summed E-state index contributed by atoms with van der Waals surface area (Å²) in [5, 5.41) is 0. The van der Waals surface area contributed by atoms with Crippen LogP contribution >= 0.6 is 15.9 Å². The van der Waals surface area contributed by atoms with Gasteiger partial charge >= 0.3 is 0 Å². The van der Waals surface area contributed by atoms with E-state index in [0.29, 0.717) is 0 Å². The van der Waals surface area contributed by atoms with E-state index >= 15 is 0 Å². The van der Waals surface area contributed by atoms with Gasteiger partial charge in [0.05, 0.1) is 10.2 Å². The van der Waals surface area contributed by atoms with Crippen LogP contribution in [0, 0.1) is 12.7 Å². The summed E-state index contributed by atoms with van der Waals surface area (Å²) in [6.45, 7) is 2.06. The van der Waals surface area contributed by atoms with E-state index in [4.69, 9.17) is 5.73 Å². The van der Waals surface area contributed by atoms with Crippen LogP contribution in [0.2, 0.25) is 0 Å². The zero-order chi connectivity index (χ0) is 15.6. The van der Waals surface area contributed by atoms with Crippen LogP contribution in [-0.4, -0.2) is 8.42 Å². The van der Waals surface area contributed by atoms with Crippen molar-refractivity contribution in [3.05, 3.63) is 57.8 Å². The van der Waals surface area contributed by atoms with Gasteiger partial charge in [-0.25, -0.2) is 17.5 Å². The van der Waals surface area contributed by atoms with Crippen LogP contribution in [-0.2, 0) is 16.6 Å². The first kappa shape index (κ1) is 15.9. The predicted octanol–water partition coefficient (Wildman–Crippen LogP) is 2.96. The first-order valence-electron chi connectivity index (χ1n) is 6.09. The topological polar surface area (TPSA) is 72.2 Å². The molecule has 0 atom stereocenters. The van der Waals surface area contributed by atoms with Crippen LogP contribution in [0.3, 0.4) is 0 Å². The van der Waals surface area contributed by atoms with E-state index in [1.165, 1.54) is 0 Å². The van der Waals surface area contributed by atoms with Gasteiger partial charge < -0.3 is 5.73 Å².